The maximum absolute atomic E-state index is 12.5. The number of anilines is 3. The minimum Gasteiger partial charge on any atom is -0.378 e. The molecule has 2 aromatic carbocycles. The van der Waals surface area contributed by atoms with Crippen molar-refractivity contribution >= 4 is 40.2 Å². The second-order valence-electron chi connectivity index (χ2n) is 11.1. The first-order valence-corrected chi connectivity index (χ1v) is 14.7. The second-order valence-corrected chi connectivity index (χ2v) is 11.1. The number of hydrogen-bond acceptors (Lipinski definition) is 8. The van der Waals surface area contributed by atoms with Gasteiger partial charge in [0.15, 0.2) is 22.8 Å². The maximum atomic E-state index is 12.5. The van der Waals surface area contributed by atoms with Crippen LogP contribution in [0.4, 0.5) is 17.2 Å². The lowest BCUT2D eigenvalue weighted by molar-refractivity contribution is -0.127. The molecule has 7 rings (SSSR count). The SMILES string of the molecule is O=C(NC1CC1)c1ccc(-c2nc(Nc3ccc(N4CCOCC4)cc3)c3ncn(CCN4CCCC4=O)c3n2)cc1. The summed E-state index contributed by atoms with van der Waals surface area (Å²) >= 11 is 0. The van der Waals surface area contributed by atoms with E-state index in [0.29, 0.717) is 53.9 Å². The van der Waals surface area contributed by atoms with Gasteiger partial charge in [-0.15, -0.1) is 0 Å². The van der Waals surface area contributed by atoms with Gasteiger partial charge in [-0.2, -0.15) is 0 Å². The number of nitrogens with one attached hydrogen (secondary N) is 2. The van der Waals surface area contributed by atoms with Gasteiger partial charge in [0, 0.05) is 67.7 Å². The summed E-state index contributed by atoms with van der Waals surface area (Å²) in [4.78, 5) is 43.4. The van der Waals surface area contributed by atoms with E-state index in [9.17, 15) is 9.59 Å². The van der Waals surface area contributed by atoms with Gasteiger partial charge >= 0.3 is 0 Å². The lowest BCUT2D eigenvalue weighted by atomic mass is 10.1. The Kier molecular flexibility index (Phi) is 7.16. The number of likely N-dealkylation sites (tertiary alicyclic amines) is 1. The fraction of sp³-hybridized carbons (Fsp3) is 0.387. The Morgan fingerprint density at radius 2 is 1.74 bits per heavy atom. The Morgan fingerprint density at radius 3 is 2.45 bits per heavy atom. The van der Waals surface area contributed by atoms with Crippen LogP contribution in [-0.4, -0.2) is 81.7 Å². The lowest BCUT2D eigenvalue weighted by Gasteiger charge is -2.28. The number of fused-ring (bicyclic) bond motifs is 1. The van der Waals surface area contributed by atoms with Crippen molar-refractivity contribution in [2.75, 3.05) is 49.6 Å². The monoisotopic (exact) mass is 566 g/mol. The van der Waals surface area contributed by atoms with Gasteiger partial charge in [-0.3, -0.25) is 9.59 Å². The fourth-order valence-corrected chi connectivity index (χ4v) is 5.47. The summed E-state index contributed by atoms with van der Waals surface area (Å²) in [7, 11) is 0. The Balaban J connectivity index is 1.18. The molecule has 3 fully saturated rings. The number of morpholine rings is 1. The molecule has 0 atom stereocenters. The van der Waals surface area contributed by atoms with Crippen molar-refractivity contribution < 1.29 is 14.3 Å². The third-order valence-corrected chi connectivity index (χ3v) is 8.07. The van der Waals surface area contributed by atoms with Gasteiger partial charge in [0.1, 0.15) is 0 Å². The zero-order chi connectivity index (χ0) is 28.5. The molecular weight excluding hydrogens is 532 g/mol. The average Bonchev–Trinajstić information content (AvgIpc) is 3.60. The predicted octanol–water partition coefficient (Wildman–Crippen LogP) is 3.59. The zero-order valence-electron chi connectivity index (χ0n) is 23.5. The molecule has 1 aliphatic carbocycles. The molecule has 1 saturated carbocycles. The molecule has 2 N–H and O–H groups in total. The normalized spacial score (nSPS) is 17.2. The summed E-state index contributed by atoms with van der Waals surface area (Å²) in [5, 5.41) is 6.49. The molecule has 3 aliphatic rings. The van der Waals surface area contributed by atoms with Crippen molar-refractivity contribution in [3.63, 3.8) is 0 Å². The number of amides is 2. The smallest absolute Gasteiger partial charge is 0.251 e. The molecule has 4 aromatic rings. The van der Waals surface area contributed by atoms with Crippen LogP contribution in [-0.2, 0) is 16.1 Å². The van der Waals surface area contributed by atoms with E-state index in [0.717, 1.165) is 69.0 Å². The first-order valence-electron chi connectivity index (χ1n) is 14.7. The summed E-state index contributed by atoms with van der Waals surface area (Å²) < 4.78 is 7.47. The van der Waals surface area contributed by atoms with Gasteiger partial charge in [0.05, 0.1) is 19.5 Å². The summed E-state index contributed by atoms with van der Waals surface area (Å²) in [6.07, 6.45) is 5.38. The van der Waals surface area contributed by atoms with Gasteiger partial charge in [-0.25, -0.2) is 15.0 Å². The van der Waals surface area contributed by atoms with Crippen molar-refractivity contribution in [1.29, 1.82) is 0 Å². The van der Waals surface area contributed by atoms with E-state index in [1.54, 1.807) is 6.33 Å². The molecule has 2 aromatic heterocycles. The van der Waals surface area contributed by atoms with Gasteiger partial charge in [0.2, 0.25) is 5.91 Å². The molecule has 2 amide bonds. The Bertz CT molecular complexity index is 1590. The van der Waals surface area contributed by atoms with E-state index in [1.165, 1.54) is 0 Å². The number of ether oxygens (including phenoxy) is 1. The third-order valence-electron chi connectivity index (χ3n) is 8.07. The molecular formula is C31H34N8O3. The number of carbonyl (C=O) groups is 2. The molecule has 4 heterocycles. The highest BCUT2D eigenvalue weighted by Crippen LogP contribution is 2.28. The first kappa shape index (κ1) is 26.4. The quantitative estimate of drug-likeness (QED) is 0.316. The minimum atomic E-state index is -0.0576. The average molecular weight is 567 g/mol. The maximum Gasteiger partial charge on any atom is 0.251 e. The van der Waals surface area contributed by atoms with Crippen molar-refractivity contribution in [2.45, 2.75) is 38.3 Å². The standard InChI is InChI=1S/C31H34N8O3/c40-26-2-1-13-38(26)14-15-39-20-32-27-29(33-23-9-11-25(12-10-23)37-16-18-42-19-17-37)35-28(36-30(27)39)21-3-5-22(6-4-21)31(41)34-24-7-8-24/h3-6,9-12,20,24H,1-2,7-8,13-19H2,(H,34,41)(H,33,35,36). The van der Waals surface area contributed by atoms with Gasteiger partial charge in [0.25, 0.3) is 5.91 Å². The summed E-state index contributed by atoms with van der Waals surface area (Å²) in [5.74, 6) is 1.27. The summed E-state index contributed by atoms with van der Waals surface area (Å²) in [5.41, 5.74) is 4.81. The lowest BCUT2D eigenvalue weighted by Crippen LogP contribution is -2.36. The highest BCUT2D eigenvalue weighted by atomic mass is 16.5. The van der Waals surface area contributed by atoms with Crippen molar-refractivity contribution in [2.24, 2.45) is 0 Å². The molecule has 0 bridgehead atoms. The highest BCUT2D eigenvalue weighted by molar-refractivity contribution is 5.95. The third kappa shape index (κ3) is 5.64. The van der Waals surface area contributed by atoms with Crippen LogP contribution in [0.15, 0.2) is 54.9 Å². The van der Waals surface area contributed by atoms with Gasteiger partial charge in [-0.05, 0) is 55.7 Å². The molecule has 0 radical (unpaired) electrons. The van der Waals surface area contributed by atoms with Crippen molar-refractivity contribution in [1.82, 2.24) is 29.7 Å². The number of imidazole rings is 1. The summed E-state index contributed by atoms with van der Waals surface area (Å²) in [6.45, 7) is 5.23. The molecule has 0 unspecified atom stereocenters. The van der Waals surface area contributed by atoms with Crippen LogP contribution < -0.4 is 15.5 Å². The molecule has 11 heteroatoms. The van der Waals surface area contributed by atoms with E-state index in [1.807, 2.05) is 45.9 Å². The second kappa shape index (κ2) is 11.4. The fourth-order valence-electron chi connectivity index (χ4n) is 5.47. The molecule has 216 valence electrons. The van der Waals surface area contributed by atoms with Gasteiger partial charge < -0.3 is 29.7 Å². The number of benzene rings is 2. The van der Waals surface area contributed by atoms with E-state index < -0.39 is 0 Å². The van der Waals surface area contributed by atoms with Crippen LogP contribution in [0, 0.1) is 0 Å². The number of hydrogen-bond donors (Lipinski definition) is 2. The van der Waals surface area contributed by atoms with Gasteiger partial charge in [-0.1, -0.05) is 12.1 Å². The number of aromatic nitrogens is 4. The van der Waals surface area contributed by atoms with Crippen LogP contribution in [0.25, 0.3) is 22.6 Å². The van der Waals surface area contributed by atoms with E-state index in [2.05, 4.69) is 32.7 Å². The molecule has 2 saturated heterocycles. The van der Waals surface area contributed by atoms with E-state index in [4.69, 9.17) is 14.7 Å². The van der Waals surface area contributed by atoms with E-state index >= 15 is 0 Å². The molecule has 0 spiro atoms. The Morgan fingerprint density at radius 1 is 0.952 bits per heavy atom. The van der Waals surface area contributed by atoms with Crippen molar-refractivity contribution in [3.8, 4) is 11.4 Å². The number of carbonyl (C=O) groups excluding carboxylic acids is 2. The first-order chi connectivity index (χ1) is 20.6. The largest absolute Gasteiger partial charge is 0.378 e. The molecule has 42 heavy (non-hydrogen) atoms. The van der Waals surface area contributed by atoms with Crippen LogP contribution >= 0.6 is 0 Å². The van der Waals surface area contributed by atoms with Crippen LogP contribution in [0.2, 0.25) is 0 Å². The number of nitrogens with zero attached hydrogens (tertiary/aromatic N) is 6. The van der Waals surface area contributed by atoms with Crippen LogP contribution in [0.1, 0.15) is 36.0 Å². The van der Waals surface area contributed by atoms with Crippen LogP contribution in [0.3, 0.4) is 0 Å². The minimum absolute atomic E-state index is 0.0576. The molecule has 2 aliphatic heterocycles. The Labute approximate surface area is 243 Å². The predicted molar refractivity (Wildman–Crippen MR) is 160 cm³/mol. The van der Waals surface area contributed by atoms with Crippen LogP contribution in [0.5, 0.6) is 0 Å². The number of rotatable bonds is 9. The zero-order valence-corrected chi connectivity index (χ0v) is 23.5. The summed E-state index contributed by atoms with van der Waals surface area (Å²) in [6, 6.07) is 16.0. The highest BCUT2D eigenvalue weighted by Gasteiger charge is 2.24. The topological polar surface area (TPSA) is 118 Å². The van der Waals surface area contributed by atoms with E-state index in [-0.39, 0.29) is 11.8 Å². The Hall–Kier alpha value is -4.51. The molecule has 11 nitrogen and oxygen atoms in total. The van der Waals surface area contributed by atoms with Crippen molar-refractivity contribution in [3.05, 3.63) is 60.4 Å².